The molecule has 412 valence electrons. The van der Waals surface area contributed by atoms with Crippen molar-refractivity contribution in [2.75, 3.05) is 40.5 Å². The topological polar surface area (TPSA) is 57.2 Å². The normalized spacial score (nSPS) is 13.6. The van der Waals surface area contributed by atoms with E-state index in [-0.39, 0.29) is 18.4 Å². The van der Waals surface area contributed by atoms with Crippen LogP contribution < -0.4 is 0 Å². The average Bonchev–Trinajstić information content (AvgIpc) is 3.35. The summed E-state index contributed by atoms with van der Waals surface area (Å²) in [7, 11) is 4.14. The van der Waals surface area contributed by atoms with E-state index in [4.69, 9.17) is 18.9 Å². The van der Waals surface area contributed by atoms with E-state index < -0.39 is 0 Å². The summed E-state index contributed by atoms with van der Waals surface area (Å²) in [6, 6.07) is 0. The highest BCUT2D eigenvalue weighted by Crippen LogP contribution is 2.20. The Morgan fingerprint density at radius 1 is 0.357 bits per heavy atom. The molecular weight excluding hydrogens is 863 g/mol. The first kappa shape index (κ1) is 68.3. The van der Waals surface area contributed by atoms with Gasteiger partial charge in [0.1, 0.15) is 6.10 Å². The number of carbonyl (C=O) groups excluding carboxylic acids is 1. The van der Waals surface area contributed by atoms with E-state index in [0.717, 1.165) is 83.8 Å². The van der Waals surface area contributed by atoms with Gasteiger partial charge in [-0.25, -0.2) is 0 Å². The molecule has 0 N–H and O–H groups in total. The number of carbonyl (C=O) groups is 1. The average molecular weight is 985 g/mol. The molecule has 0 rings (SSSR count). The van der Waals surface area contributed by atoms with Crippen molar-refractivity contribution in [3.63, 3.8) is 0 Å². The predicted octanol–water partition coefficient (Wildman–Crippen LogP) is 19.9. The van der Waals surface area contributed by atoms with Crippen molar-refractivity contribution < 1.29 is 23.7 Å². The Morgan fingerprint density at radius 2 is 0.700 bits per heavy atom. The second kappa shape index (κ2) is 58.2. The molecule has 0 aliphatic rings. The van der Waals surface area contributed by atoms with Crippen LogP contribution in [0.2, 0.25) is 0 Å². The summed E-state index contributed by atoms with van der Waals surface area (Å²) in [5.74, 6) is -0.00544. The molecule has 0 spiro atoms. The van der Waals surface area contributed by atoms with Gasteiger partial charge in [-0.3, -0.25) is 4.79 Å². The molecule has 0 saturated heterocycles. The number of ether oxygens (including phenoxy) is 4. The standard InChI is InChI=1S/C64H121NO5/c1-7-11-15-19-23-26-34-42-51-61(67-58-47-39-31-20-16-12-8-2)52-43-35-27-24-28-36-44-53-62(70-63(66)55-50-57-65(5)6)54-45-37-29-25-30-38-46-56-64(68-59-48-40-32-21-17-13-9-3)69-60-49-41-33-22-18-14-10-4/h26,34,39-41,47-49,61-62,64H,7-25,27-33,35-38,42-46,50-60H2,1-6H3. The molecule has 0 aromatic rings. The minimum atomic E-state index is -0.129. The van der Waals surface area contributed by atoms with E-state index in [1.54, 1.807) is 0 Å². The lowest BCUT2D eigenvalue weighted by Crippen LogP contribution is -2.20. The van der Waals surface area contributed by atoms with Crippen molar-refractivity contribution in [2.45, 2.75) is 316 Å². The van der Waals surface area contributed by atoms with Crippen LogP contribution in [-0.2, 0) is 23.7 Å². The maximum Gasteiger partial charge on any atom is 0.306 e. The van der Waals surface area contributed by atoms with E-state index in [0.29, 0.717) is 25.7 Å². The summed E-state index contributed by atoms with van der Waals surface area (Å²) in [4.78, 5) is 15.0. The van der Waals surface area contributed by atoms with E-state index in [1.165, 1.54) is 193 Å². The SMILES string of the molecule is CCCCCCC=CCCC(CCCCCCCCCC(CCCCCCCCCC(OCC=CCCCCCC)OCC=CCCCCCC)OC(=O)CCCN(C)C)OCC=CCCCCCC. The van der Waals surface area contributed by atoms with Gasteiger partial charge in [0, 0.05) is 6.42 Å². The summed E-state index contributed by atoms with van der Waals surface area (Å²) >= 11 is 0. The Labute approximate surface area is 437 Å². The second-order valence-electron chi connectivity index (χ2n) is 21.0. The summed E-state index contributed by atoms with van der Waals surface area (Å²) in [6.45, 7) is 12.1. The summed E-state index contributed by atoms with van der Waals surface area (Å²) in [6.07, 6.45) is 69.5. The Balaban J connectivity index is 4.65. The molecule has 2 unspecified atom stereocenters. The molecule has 70 heavy (non-hydrogen) atoms. The Morgan fingerprint density at radius 3 is 1.11 bits per heavy atom. The Hall–Kier alpha value is -1.73. The van der Waals surface area contributed by atoms with E-state index in [2.05, 4.69) is 95.3 Å². The summed E-state index contributed by atoms with van der Waals surface area (Å²) in [5, 5.41) is 0. The van der Waals surface area contributed by atoms with Crippen LogP contribution in [0.5, 0.6) is 0 Å². The number of hydrogen-bond donors (Lipinski definition) is 0. The second-order valence-corrected chi connectivity index (χ2v) is 21.0. The number of allylic oxidation sites excluding steroid dienone is 5. The highest BCUT2D eigenvalue weighted by Gasteiger charge is 2.15. The van der Waals surface area contributed by atoms with Crippen molar-refractivity contribution in [2.24, 2.45) is 0 Å². The quantitative estimate of drug-likeness (QED) is 0.0262. The highest BCUT2D eigenvalue weighted by atomic mass is 16.7. The molecule has 0 aliphatic heterocycles. The molecule has 6 heteroatoms. The van der Waals surface area contributed by atoms with Gasteiger partial charge in [-0.1, -0.05) is 224 Å². The van der Waals surface area contributed by atoms with Gasteiger partial charge in [-0.05, 0) is 136 Å². The molecule has 6 nitrogen and oxygen atoms in total. The fourth-order valence-corrected chi connectivity index (χ4v) is 9.12. The number of esters is 1. The maximum absolute atomic E-state index is 12.8. The van der Waals surface area contributed by atoms with Crippen LogP contribution in [0.1, 0.15) is 297 Å². The van der Waals surface area contributed by atoms with Gasteiger partial charge in [-0.2, -0.15) is 0 Å². The fraction of sp³-hybridized carbons (Fsp3) is 0.859. The van der Waals surface area contributed by atoms with E-state index in [1.807, 2.05) is 0 Å². The third kappa shape index (κ3) is 54.1. The highest BCUT2D eigenvalue weighted by molar-refractivity contribution is 5.69. The third-order valence-electron chi connectivity index (χ3n) is 13.7. The first-order chi connectivity index (χ1) is 34.5. The molecule has 0 aromatic heterocycles. The minimum absolute atomic E-state index is 0.00544. The van der Waals surface area contributed by atoms with Crippen molar-refractivity contribution in [1.82, 2.24) is 4.90 Å². The predicted molar refractivity (Wildman–Crippen MR) is 307 cm³/mol. The summed E-state index contributed by atoms with van der Waals surface area (Å²) in [5.41, 5.74) is 0. The van der Waals surface area contributed by atoms with Crippen molar-refractivity contribution in [3.8, 4) is 0 Å². The lowest BCUT2D eigenvalue weighted by Gasteiger charge is -2.19. The zero-order valence-corrected chi connectivity index (χ0v) is 47.9. The largest absolute Gasteiger partial charge is 0.462 e. The van der Waals surface area contributed by atoms with Gasteiger partial charge in [0.15, 0.2) is 6.29 Å². The summed E-state index contributed by atoms with van der Waals surface area (Å²) < 4.78 is 24.9. The van der Waals surface area contributed by atoms with Crippen molar-refractivity contribution in [1.29, 1.82) is 0 Å². The molecule has 2 atom stereocenters. The van der Waals surface area contributed by atoms with Crippen LogP contribution in [0.15, 0.2) is 48.6 Å². The van der Waals surface area contributed by atoms with E-state index >= 15 is 0 Å². The molecule has 0 aliphatic carbocycles. The zero-order valence-electron chi connectivity index (χ0n) is 47.9. The first-order valence-corrected chi connectivity index (χ1v) is 30.8. The van der Waals surface area contributed by atoms with Crippen LogP contribution in [0.3, 0.4) is 0 Å². The van der Waals surface area contributed by atoms with Gasteiger partial charge in [-0.15, -0.1) is 0 Å². The van der Waals surface area contributed by atoms with Crippen LogP contribution in [0.25, 0.3) is 0 Å². The molecule has 0 aromatic carbocycles. The van der Waals surface area contributed by atoms with Gasteiger partial charge >= 0.3 is 5.97 Å². The lowest BCUT2D eigenvalue weighted by molar-refractivity contribution is -0.150. The molecule has 0 amide bonds. The van der Waals surface area contributed by atoms with Gasteiger partial charge in [0.2, 0.25) is 0 Å². The van der Waals surface area contributed by atoms with Crippen molar-refractivity contribution >= 4 is 5.97 Å². The van der Waals surface area contributed by atoms with Gasteiger partial charge in [0.25, 0.3) is 0 Å². The Bertz CT molecular complexity index is 1020. The lowest BCUT2D eigenvalue weighted by atomic mass is 10.0. The smallest absolute Gasteiger partial charge is 0.306 e. The fourth-order valence-electron chi connectivity index (χ4n) is 9.12. The number of rotatable bonds is 57. The molecule has 0 heterocycles. The molecule has 0 radical (unpaired) electrons. The third-order valence-corrected chi connectivity index (χ3v) is 13.7. The van der Waals surface area contributed by atoms with Crippen LogP contribution in [0.4, 0.5) is 0 Å². The number of unbranched alkanes of at least 4 members (excludes halogenated alkanes) is 28. The monoisotopic (exact) mass is 984 g/mol. The number of hydrogen-bond acceptors (Lipinski definition) is 6. The minimum Gasteiger partial charge on any atom is -0.462 e. The molecule has 0 fully saturated rings. The Kier molecular flexibility index (Phi) is 56.7. The first-order valence-electron chi connectivity index (χ1n) is 30.8. The zero-order chi connectivity index (χ0) is 50.9. The van der Waals surface area contributed by atoms with Crippen LogP contribution in [-0.4, -0.2) is 69.8 Å². The van der Waals surface area contributed by atoms with E-state index in [9.17, 15) is 4.79 Å². The van der Waals surface area contributed by atoms with Gasteiger partial charge < -0.3 is 23.8 Å². The van der Waals surface area contributed by atoms with Crippen molar-refractivity contribution in [3.05, 3.63) is 48.6 Å². The molecule has 0 saturated carbocycles. The maximum atomic E-state index is 12.8. The number of nitrogens with zero attached hydrogens (tertiary/aromatic N) is 1. The molecule has 0 bridgehead atoms. The molecular formula is C64H121NO5. The van der Waals surface area contributed by atoms with Crippen LogP contribution >= 0.6 is 0 Å². The van der Waals surface area contributed by atoms with Crippen LogP contribution in [0, 0.1) is 0 Å². The van der Waals surface area contributed by atoms with Gasteiger partial charge in [0.05, 0.1) is 25.9 Å².